The van der Waals surface area contributed by atoms with Crippen molar-refractivity contribution in [1.29, 1.82) is 0 Å². The van der Waals surface area contributed by atoms with Crippen molar-refractivity contribution in [3.05, 3.63) is 35.7 Å². The van der Waals surface area contributed by atoms with E-state index in [4.69, 9.17) is 5.84 Å². The Labute approximate surface area is 140 Å². The first-order chi connectivity index (χ1) is 10.9. The number of carbonyl (C=O) groups excluding carboxylic acids is 1. The first kappa shape index (κ1) is 17.3. The predicted octanol–water partition coefficient (Wildman–Crippen LogP) is 2.93. The molecule has 1 amide bonds. The number of anilines is 1. The summed E-state index contributed by atoms with van der Waals surface area (Å²) in [7, 11) is 0. The molecule has 1 aromatic heterocycles. The lowest BCUT2D eigenvalue weighted by molar-refractivity contribution is -0.115. The van der Waals surface area contributed by atoms with Gasteiger partial charge in [-0.25, -0.2) is 4.68 Å². The zero-order valence-corrected chi connectivity index (χ0v) is 14.7. The van der Waals surface area contributed by atoms with E-state index in [0.29, 0.717) is 16.9 Å². The lowest BCUT2D eigenvalue weighted by Crippen LogP contribution is -2.24. The Morgan fingerprint density at radius 1 is 1.35 bits per heavy atom. The molecule has 1 aromatic carbocycles. The summed E-state index contributed by atoms with van der Waals surface area (Å²) in [4.78, 5) is 12.5. The van der Waals surface area contributed by atoms with E-state index in [0.717, 1.165) is 17.7 Å². The van der Waals surface area contributed by atoms with Gasteiger partial charge < -0.3 is 11.2 Å². The number of nitrogen functional groups attached to an aromatic ring is 1. The molecular weight excluding hydrogens is 310 g/mol. The number of nitrogens with two attached hydrogens (primary N) is 1. The molecule has 124 valence electrons. The van der Waals surface area contributed by atoms with Crippen LogP contribution in [0.25, 0.3) is 0 Å². The summed E-state index contributed by atoms with van der Waals surface area (Å²) in [6.07, 6.45) is 1.02. The van der Waals surface area contributed by atoms with Crippen molar-refractivity contribution in [2.75, 3.05) is 11.2 Å². The van der Waals surface area contributed by atoms with Crippen LogP contribution in [-0.2, 0) is 4.79 Å². The van der Waals surface area contributed by atoms with Gasteiger partial charge in [-0.1, -0.05) is 43.8 Å². The third-order valence-corrected chi connectivity index (χ3v) is 4.91. The Hall–Kier alpha value is -2.02. The molecule has 0 aliphatic carbocycles. The third-order valence-electron chi connectivity index (χ3n) is 3.85. The molecule has 0 aliphatic rings. The second kappa shape index (κ2) is 7.50. The second-order valence-corrected chi connectivity index (χ2v) is 6.85. The Balaban J connectivity index is 2.08. The van der Waals surface area contributed by atoms with Crippen LogP contribution >= 0.6 is 11.8 Å². The fourth-order valence-electron chi connectivity index (χ4n) is 2.14. The van der Waals surface area contributed by atoms with Crippen LogP contribution in [0.5, 0.6) is 0 Å². The summed E-state index contributed by atoms with van der Waals surface area (Å²) >= 11 is 1.29. The molecule has 2 rings (SSSR count). The van der Waals surface area contributed by atoms with Gasteiger partial charge in [0.25, 0.3) is 0 Å². The van der Waals surface area contributed by atoms with Crippen molar-refractivity contribution < 1.29 is 4.79 Å². The van der Waals surface area contributed by atoms with E-state index in [1.54, 1.807) is 6.92 Å². The maximum atomic E-state index is 12.5. The molecule has 23 heavy (non-hydrogen) atoms. The molecule has 0 bridgehead atoms. The lowest BCUT2D eigenvalue weighted by atomic mass is 9.97. The summed E-state index contributed by atoms with van der Waals surface area (Å²) in [5, 5.41) is 11.1. The molecule has 7 heteroatoms. The number of nitrogens with one attached hydrogen (secondary N) is 1. The summed E-state index contributed by atoms with van der Waals surface area (Å²) in [5.41, 5.74) is 2.02. The van der Waals surface area contributed by atoms with Crippen LogP contribution in [0.4, 0.5) is 5.69 Å². The monoisotopic (exact) mass is 333 g/mol. The van der Waals surface area contributed by atoms with E-state index in [1.165, 1.54) is 16.4 Å². The van der Waals surface area contributed by atoms with Gasteiger partial charge in [0.2, 0.25) is 11.1 Å². The molecule has 2 aromatic rings. The average molecular weight is 333 g/mol. The number of rotatable bonds is 6. The van der Waals surface area contributed by atoms with Crippen LogP contribution in [0.1, 0.15) is 44.5 Å². The average Bonchev–Trinajstić information content (AvgIpc) is 2.86. The van der Waals surface area contributed by atoms with Gasteiger partial charge in [-0.3, -0.25) is 4.79 Å². The predicted molar refractivity (Wildman–Crippen MR) is 94.0 cm³/mol. The highest BCUT2D eigenvalue weighted by molar-refractivity contribution is 8.00. The van der Waals surface area contributed by atoms with Crippen molar-refractivity contribution in [3.63, 3.8) is 0 Å². The van der Waals surface area contributed by atoms with Gasteiger partial charge in [-0.2, -0.15) is 0 Å². The summed E-state index contributed by atoms with van der Waals surface area (Å²) in [5.74, 6) is 6.75. The van der Waals surface area contributed by atoms with Crippen LogP contribution in [-0.4, -0.2) is 26.0 Å². The van der Waals surface area contributed by atoms with Crippen molar-refractivity contribution in [3.8, 4) is 0 Å². The highest BCUT2D eigenvalue weighted by Crippen LogP contribution is 2.28. The van der Waals surface area contributed by atoms with Gasteiger partial charge in [0.15, 0.2) is 0 Å². The molecule has 0 saturated heterocycles. The number of nitrogens with zero attached hydrogens (tertiary/aromatic N) is 3. The number of hydrogen-bond acceptors (Lipinski definition) is 5. The van der Waals surface area contributed by atoms with Gasteiger partial charge in [-0.15, -0.1) is 10.2 Å². The van der Waals surface area contributed by atoms with E-state index in [2.05, 4.69) is 35.4 Å². The normalized spacial score (nSPS) is 13.6. The van der Waals surface area contributed by atoms with E-state index in [1.807, 2.05) is 25.1 Å². The number of amides is 1. The number of hydrogen-bond donors (Lipinski definition) is 2. The fourth-order valence-corrected chi connectivity index (χ4v) is 2.95. The summed E-state index contributed by atoms with van der Waals surface area (Å²) < 4.78 is 1.39. The van der Waals surface area contributed by atoms with Gasteiger partial charge in [0.1, 0.15) is 5.82 Å². The van der Waals surface area contributed by atoms with Crippen molar-refractivity contribution in [2.45, 2.75) is 50.4 Å². The molecule has 0 unspecified atom stereocenters. The molecule has 1 heterocycles. The highest BCUT2D eigenvalue weighted by Gasteiger charge is 2.20. The minimum absolute atomic E-state index is 0.0774. The Kier molecular flexibility index (Phi) is 5.65. The Morgan fingerprint density at radius 3 is 2.65 bits per heavy atom. The van der Waals surface area contributed by atoms with E-state index >= 15 is 0 Å². The number of aromatic nitrogens is 3. The van der Waals surface area contributed by atoms with Crippen molar-refractivity contribution >= 4 is 23.4 Å². The molecule has 0 fully saturated rings. The molecular formula is C16H23N5OS. The maximum absolute atomic E-state index is 12.5. The molecule has 0 radical (unpaired) electrons. The Morgan fingerprint density at radius 2 is 2.04 bits per heavy atom. The minimum Gasteiger partial charge on any atom is -0.336 e. The number of para-hydroxylation sites is 1. The maximum Gasteiger partial charge on any atom is 0.237 e. The van der Waals surface area contributed by atoms with Crippen LogP contribution in [0, 0.1) is 6.92 Å². The van der Waals surface area contributed by atoms with Crippen LogP contribution in [0.3, 0.4) is 0 Å². The van der Waals surface area contributed by atoms with E-state index in [9.17, 15) is 4.79 Å². The van der Waals surface area contributed by atoms with Crippen molar-refractivity contribution in [2.24, 2.45) is 0 Å². The summed E-state index contributed by atoms with van der Waals surface area (Å²) in [6, 6.07) is 7.92. The van der Waals surface area contributed by atoms with Crippen LogP contribution in [0.2, 0.25) is 0 Å². The molecule has 0 spiro atoms. The topological polar surface area (TPSA) is 85.8 Å². The molecule has 6 nitrogen and oxygen atoms in total. The van der Waals surface area contributed by atoms with Gasteiger partial charge >= 0.3 is 0 Å². The smallest absolute Gasteiger partial charge is 0.237 e. The Bertz CT molecular complexity index is 685. The molecule has 2 atom stereocenters. The van der Waals surface area contributed by atoms with Gasteiger partial charge in [0, 0.05) is 5.69 Å². The van der Waals surface area contributed by atoms with Crippen molar-refractivity contribution in [1.82, 2.24) is 14.9 Å². The van der Waals surface area contributed by atoms with E-state index < -0.39 is 0 Å². The fraction of sp³-hybridized carbons (Fsp3) is 0.438. The second-order valence-electron chi connectivity index (χ2n) is 5.55. The van der Waals surface area contributed by atoms with Crippen LogP contribution < -0.4 is 11.2 Å². The standard InChI is InChI=1S/C16H23N5OS/c1-5-10(2)13-8-6-7-9-14(13)18-15(22)11(3)23-16-20-19-12(4)21(16)17/h6-11H,5,17H2,1-4H3,(H,18,22)/t10-,11+/m1/s1. The quantitative estimate of drug-likeness (QED) is 0.627. The zero-order valence-electron chi connectivity index (χ0n) is 13.9. The lowest BCUT2D eigenvalue weighted by Gasteiger charge is -2.17. The molecule has 0 saturated carbocycles. The number of thioether (sulfide) groups is 1. The van der Waals surface area contributed by atoms with Crippen LogP contribution in [0.15, 0.2) is 29.4 Å². The number of aryl methyl sites for hydroxylation is 1. The van der Waals surface area contributed by atoms with E-state index in [-0.39, 0.29) is 11.2 Å². The highest BCUT2D eigenvalue weighted by atomic mass is 32.2. The SMILES string of the molecule is CC[C@@H](C)c1ccccc1NC(=O)[C@H](C)Sc1nnc(C)n1N. The largest absolute Gasteiger partial charge is 0.336 e. The molecule has 3 N–H and O–H groups in total. The molecule has 0 aliphatic heterocycles. The number of benzene rings is 1. The first-order valence-electron chi connectivity index (χ1n) is 7.67. The zero-order chi connectivity index (χ0) is 17.0. The minimum atomic E-state index is -0.328. The summed E-state index contributed by atoms with van der Waals surface area (Å²) in [6.45, 7) is 7.89. The first-order valence-corrected chi connectivity index (χ1v) is 8.55. The third kappa shape index (κ3) is 4.04. The van der Waals surface area contributed by atoms with Gasteiger partial charge in [0.05, 0.1) is 5.25 Å². The number of carbonyl (C=O) groups is 1. The van der Waals surface area contributed by atoms with Gasteiger partial charge in [-0.05, 0) is 37.8 Å².